The van der Waals surface area contributed by atoms with Crippen molar-refractivity contribution in [3.05, 3.63) is 35.5 Å². The van der Waals surface area contributed by atoms with Gasteiger partial charge in [-0.05, 0) is 44.6 Å². The van der Waals surface area contributed by atoms with E-state index in [4.69, 9.17) is 16.3 Å². The van der Waals surface area contributed by atoms with Gasteiger partial charge in [-0.1, -0.05) is 31.1 Å². The van der Waals surface area contributed by atoms with Crippen molar-refractivity contribution in [1.82, 2.24) is 14.9 Å². The van der Waals surface area contributed by atoms with E-state index in [1.807, 2.05) is 13.8 Å². The monoisotopic (exact) mass is 440 g/mol. The van der Waals surface area contributed by atoms with Gasteiger partial charge in [-0.3, -0.25) is 0 Å². The molecule has 9 heteroatoms. The average Bonchev–Trinajstić information content (AvgIpc) is 2.79. The second kappa shape index (κ2) is 11.0. The summed E-state index contributed by atoms with van der Waals surface area (Å²) in [6, 6.07) is 8.49. The van der Waals surface area contributed by atoms with E-state index in [-0.39, 0.29) is 5.95 Å². The van der Waals surface area contributed by atoms with Crippen molar-refractivity contribution in [1.29, 1.82) is 0 Å². The third-order valence-corrected chi connectivity index (χ3v) is 5.94. The molecule has 0 aliphatic carbocycles. The first-order chi connectivity index (χ1) is 15.4. The lowest BCUT2D eigenvalue weighted by Crippen LogP contribution is -2.47. The Balaban J connectivity index is 1.54. The van der Waals surface area contributed by atoms with E-state index in [2.05, 4.69) is 67.9 Å². The Hall–Kier alpha value is -3.07. The number of hydrogen-bond acceptors (Lipinski definition) is 9. The van der Waals surface area contributed by atoms with Crippen LogP contribution in [0, 0.1) is 6.92 Å². The number of aryl methyl sites for hydroxylation is 1. The summed E-state index contributed by atoms with van der Waals surface area (Å²) in [5, 5.41) is 4.28. The van der Waals surface area contributed by atoms with Crippen molar-refractivity contribution < 1.29 is 4.84 Å². The zero-order chi connectivity index (χ0) is 23.1. The highest BCUT2D eigenvalue weighted by Gasteiger charge is 2.22. The van der Waals surface area contributed by atoms with Gasteiger partial charge in [-0.25, -0.2) is 4.98 Å². The van der Waals surface area contributed by atoms with E-state index in [1.165, 1.54) is 5.69 Å². The molecule has 4 N–H and O–H groups in total. The van der Waals surface area contributed by atoms with Crippen molar-refractivity contribution in [3.63, 3.8) is 0 Å². The predicted molar refractivity (Wildman–Crippen MR) is 132 cm³/mol. The van der Waals surface area contributed by atoms with E-state index >= 15 is 0 Å². The minimum Gasteiger partial charge on any atom is -0.394 e. The SMILES string of the molecule is CCN(CC)CCO/N=C(\C)c1ccc(N2CCN(c3c(C)nc(N)nc3N)CC2)cc1. The van der Waals surface area contributed by atoms with Crippen molar-refractivity contribution >= 4 is 28.9 Å². The van der Waals surface area contributed by atoms with E-state index in [0.717, 1.165) is 68.5 Å². The zero-order valence-corrected chi connectivity index (χ0v) is 19.7. The summed E-state index contributed by atoms with van der Waals surface area (Å²) in [4.78, 5) is 20.8. The maximum atomic E-state index is 6.11. The van der Waals surface area contributed by atoms with Gasteiger partial charge in [0.1, 0.15) is 12.3 Å². The third-order valence-electron chi connectivity index (χ3n) is 5.94. The minimum atomic E-state index is 0.218. The molecule has 3 rings (SSSR count). The maximum absolute atomic E-state index is 6.11. The highest BCUT2D eigenvalue weighted by molar-refractivity contribution is 5.98. The van der Waals surface area contributed by atoms with Crippen molar-refractivity contribution in [3.8, 4) is 0 Å². The van der Waals surface area contributed by atoms with Gasteiger partial charge < -0.3 is 31.0 Å². The van der Waals surface area contributed by atoms with Crippen LogP contribution in [0.25, 0.3) is 0 Å². The lowest BCUT2D eigenvalue weighted by atomic mass is 10.1. The molecule has 0 amide bonds. The molecule has 1 fully saturated rings. The van der Waals surface area contributed by atoms with Crippen LogP contribution in [0.1, 0.15) is 32.0 Å². The molecule has 0 radical (unpaired) electrons. The second-order valence-electron chi connectivity index (χ2n) is 7.96. The summed E-state index contributed by atoms with van der Waals surface area (Å²) in [5.41, 5.74) is 16.7. The fraction of sp³-hybridized carbons (Fsp3) is 0.522. The Labute approximate surface area is 191 Å². The Morgan fingerprint density at radius 3 is 2.25 bits per heavy atom. The van der Waals surface area contributed by atoms with Gasteiger partial charge in [-0.15, -0.1) is 0 Å². The molecule has 1 aliphatic rings. The molecule has 1 saturated heterocycles. The molecule has 9 nitrogen and oxygen atoms in total. The molecule has 0 atom stereocenters. The van der Waals surface area contributed by atoms with Gasteiger partial charge in [0.05, 0.1) is 11.4 Å². The lowest BCUT2D eigenvalue weighted by Gasteiger charge is -2.38. The van der Waals surface area contributed by atoms with Gasteiger partial charge in [-0.2, -0.15) is 4.98 Å². The van der Waals surface area contributed by atoms with Crippen LogP contribution in [0.3, 0.4) is 0 Å². The van der Waals surface area contributed by atoms with E-state index < -0.39 is 0 Å². The Morgan fingerprint density at radius 1 is 1.03 bits per heavy atom. The number of nitrogen functional groups attached to an aromatic ring is 2. The Kier molecular flexibility index (Phi) is 8.10. The highest BCUT2D eigenvalue weighted by Crippen LogP contribution is 2.27. The van der Waals surface area contributed by atoms with Gasteiger partial charge in [0.25, 0.3) is 0 Å². The number of likely N-dealkylation sites (N-methyl/N-ethyl adjacent to an activating group) is 1. The molecule has 174 valence electrons. The molecule has 2 heterocycles. The minimum absolute atomic E-state index is 0.218. The summed E-state index contributed by atoms with van der Waals surface area (Å²) in [5.74, 6) is 0.664. The van der Waals surface area contributed by atoms with Crippen LogP contribution in [0.5, 0.6) is 0 Å². The number of nitrogens with two attached hydrogens (primary N) is 2. The molecular formula is C23H36N8O. The van der Waals surface area contributed by atoms with Crippen LogP contribution in [0.15, 0.2) is 29.4 Å². The molecule has 1 aromatic carbocycles. The fourth-order valence-electron chi connectivity index (χ4n) is 4.01. The van der Waals surface area contributed by atoms with Crippen LogP contribution in [-0.2, 0) is 4.84 Å². The number of benzene rings is 1. The number of rotatable bonds is 9. The van der Waals surface area contributed by atoms with Gasteiger partial charge in [0, 0.05) is 38.4 Å². The first kappa shape index (κ1) is 23.6. The zero-order valence-electron chi connectivity index (χ0n) is 19.7. The van der Waals surface area contributed by atoms with Crippen LogP contribution in [-0.4, -0.2) is 73.0 Å². The summed E-state index contributed by atoms with van der Waals surface area (Å²) in [6.07, 6.45) is 0. The lowest BCUT2D eigenvalue weighted by molar-refractivity contribution is 0.114. The Bertz CT molecular complexity index is 880. The summed E-state index contributed by atoms with van der Waals surface area (Å²) >= 11 is 0. The normalized spacial score (nSPS) is 14.8. The second-order valence-corrected chi connectivity index (χ2v) is 7.96. The van der Waals surface area contributed by atoms with Crippen molar-refractivity contribution in [2.45, 2.75) is 27.7 Å². The molecule has 1 aliphatic heterocycles. The first-order valence-corrected chi connectivity index (χ1v) is 11.3. The highest BCUT2D eigenvalue weighted by atomic mass is 16.6. The molecule has 32 heavy (non-hydrogen) atoms. The Morgan fingerprint density at radius 2 is 1.66 bits per heavy atom. The first-order valence-electron chi connectivity index (χ1n) is 11.3. The van der Waals surface area contributed by atoms with Gasteiger partial charge in [0.15, 0.2) is 5.82 Å². The number of aromatic nitrogens is 2. The van der Waals surface area contributed by atoms with Crippen LogP contribution in [0.4, 0.5) is 23.1 Å². The number of hydrogen-bond donors (Lipinski definition) is 2. The summed E-state index contributed by atoms with van der Waals surface area (Å²) in [7, 11) is 0. The fourth-order valence-corrected chi connectivity index (χ4v) is 4.01. The number of piperazine rings is 1. The predicted octanol–water partition coefficient (Wildman–Crippen LogP) is 2.36. The van der Waals surface area contributed by atoms with E-state index in [1.54, 1.807) is 0 Å². The standard InChI is InChI=1S/C23H36N8O/c1-5-29(6-2)15-16-32-28-17(3)19-7-9-20(10-8-19)30-11-13-31(14-12-30)21-18(4)26-23(25)27-22(21)24/h7-10H,5-6,11-16H2,1-4H3,(H4,24,25,26,27)/b28-17+. The molecule has 1 aromatic heterocycles. The molecule has 0 bridgehead atoms. The largest absolute Gasteiger partial charge is 0.394 e. The van der Waals surface area contributed by atoms with Gasteiger partial charge in [0.2, 0.25) is 5.95 Å². The van der Waals surface area contributed by atoms with E-state index in [9.17, 15) is 0 Å². The van der Waals surface area contributed by atoms with Crippen LogP contribution >= 0.6 is 0 Å². The molecule has 0 saturated carbocycles. The van der Waals surface area contributed by atoms with Gasteiger partial charge >= 0.3 is 0 Å². The third kappa shape index (κ3) is 5.79. The molecule has 0 unspecified atom stereocenters. The van der Waals surface area contributed by atoms with E-state index in [0.29, 0.717) is 12.4 Å². The van der Waals surface area contributed by atoms with Crippen molar-refractivity contribution in [2.24, 2.45) is 5.16 Å². The number of anilines is 4. The summed E-state index contributed by atoms with van der Waals surface area (Å²) < 4.78 is 0. The van der Waals surface area contributed by atoms with Crippen LogP contribution in [0.2, 0.25) is 0 Å². The van der Waals surface area contributed by atoms with Crippen molar-refractivity contribution in [2.75, 3.05) is 73.7 Å². The van der Waals surface area contributed by atoms with Crippen LogP contribution < -0.4 is 21.3 Å². The molecule has 0 spiro atoms. The summed E-state index contributed by atoms with van der Waals surface area (Å²) in [6.45, 7) is 15.2. The average molecular weight is 441 g/mol. The number of nitrogens with zero attached hydrogens (tertiary/aromatic N) is 6. The molecule has 2 aromatic rings. The number of oxime groups is 1. The smallest absolute Gasteiger partial charge is 0.222 e. The quantitative estimate of drug-likeness (QED) is 0.347. The maximum Gasteiger partial charge on any atom is 0.222 e. The topological polar surface area (TPSA) is 109 Å². The molecular weight excluding hydrogens is 404 g/mol.